The molecule has 0 aromatic heterocycles. The zero-order chi connectivity index (χ0) is 64.5. The topological polar surface area (TPSA) is 239 Å². The molecule has 11 atom stereocenters. The first-order valence-corrected chi connectivity index (χ1v) is 29.9. The number of hydrogen-bond donors (Lipinski definition) is 2. The summed E-state index contributed by atoms with van der Waals surface area (Å²) >= 11 is 0. The second-order valence-corrected chi connectivity index (χ2v) is 25.0. The number of carbonyl (C=O) groups excluding carboxylic acids is 10. The van der Waals surface area contributed by atoms with E-state index in [1.54, 1.807) is 78.2 Å². The monoisotopic (exact) mass is 1180 g/mol. The average molecular weight is 1180 g/mol. The number of amides is 9. The van der Waals surface area contributed by atoms with Gasteiger partial charge in [0.25, 0.3) is 5.91 Å². The highest BCUT2D eigenvalue weighted by atomic mass is 16.6. The first-order valence-electron chi connectivity index (χ1n) is 29.9. The van der Waals surface area contributed by atoms with Gasteiger partial charge >= 0.3 is 5.97 Å². The zero-order valence-corrected chi connectivity index (χ0v) is 55.1. The van der Waals surface area contributed by atoms with E-state index in [1.165, 1.54) is 97.4 Å². The summed E-state index contributed by atoms with van der Waals surface area (Å²) in [4.78, 5) is 156. The lowest BCUT2D eigenvalue weighted by Gasteiger charge is -2.40. The lowest BCUT2D eigenvalue weighted by Crippen LogP contribution is -2.61. The Kier molecular flexibility index (Phi) is 29.3. The Bertz CT molecular complexity index is 2390. The first-order chi connectivity index (χ1) is 39.0. The summed E-state index contributed by atoms with van der Waals surface area (Å²) in [6, 6.07) is -2.54. The normalized spacial score (nSPS) is 22.5. The maximum atomic E-state index is 15.2. The molecule has 0 unspecified atom stereocenters. The Hall–Kier alpha value is -6.32. The van der Waals surface area contributed by atoms with Gasteiger partial charge in [-0.15, -0.1) is 0 Å². The third kappa shape index (κ3) is 19.6. The van der Waals surface area contributed by atoms with Crippen molar-refractivity contribution in [3.05, 3.63) is 29.8 Å². The maximum absolute atomic E-state index is 15.2. The molecule has 9 amide bonds. The molecule has 0 saturated carbocycles. The van der Waals surface area contributed by atoms with Gasteiger partial charge in [-0.25, -0.2) is 0 Å². The average Bonchev–Trinajstić information content (AvgIpc) is 3.65. The van der Waals surface area contributed by atoms with E-state index in [1.807, 2.05) is 48.5 Å². The van der Waals surface area contributed by atoms with E-state index in [9.17, 15) is 38.4 Å². The number of methoxy groups -OCH3 is 1. The summed E-state index contributed by atoms with van der Waals surface area (Å²) in [5.41, 5.74) is 0.730. The minimum Gasteiger partial charge on any atom is -0.497 e. The van der Waals surface area contributed by atoms with Crippen LogP contribution in [0.3, 0.4) is 0 Å². The number of ether oxygens (including phenoxy) is 2. The molecule has 84 heavy (non-hydrogen) atoms. The molecule has 0 radical (unpaired) electrons. The molecule has 1 heterocycles. The van der Waals surface area contributed by atoms with Crippen LogP contribution in [0.15, 0.2) is 24.3 Å². The van der Waals surface area contributed by atoms with Crippen molar-refractivity contribution in [3.63, 3.8) is 0 Å². The fraction of sp³-hybridized carbons (Fsp3) is 0.742. The Morgan fingerprint density at radius 3 is 1.75 bits per heavy atom. The van der Waals surface area contributed by atoms with Crippen molar-refractivity contribution in [2.45, 2.75) is 195 Å². The van der Waals surface area contributed by atoms with Crippen molar-refractivity contribution in [1.29, 1.82) is 0 Å². The van der Waals surface area contributed by atoms with Crippen LogP contribution in [0.5, 0.6) is 5.75 Å². The predicted molar refractivity (Wildman–Crippen MR) is 324 cm³/mol. The molecule has 1 aliphatic rings. The van der Waals surface area contributed by atoms with Crippen molar-refractivity contribution in [2.75, 3.05) is 77.1 Å². The van der Waals surface area contributed by atoms with E-state index >= 15 is 9.59 Å². The van der Waals surface area contributed by atoms with Crippen LogP contribution < -0.4 is 15.4 Å². The van der Waals surface area contributed by atoms with Gasteiger partial charge in [-0.05, 0) is 114 Å². The number of benzene rings is 1. The molecule has 1 saturated heterocycles. The lowest BCUT2D eigenvalue weighted by molar-refractivity contribution is -0.169. The molecule has 1 aromatic carbocycles. The fourth-order valence-corrected chi connectivity index (χ4v) is 10.8. The SMILES string of the molecule is CC[C@H](C)[C@H]1C(=O)N[C@@H](C)C(=O)N(C)[C@@H](CC(C)C)C(=O)N[C@H](Cc2ccc(OC)cc2)C(=O)N(C)CCCC[C@H](N(C)C(=O)[C@H](CC(C)C)N(C)C(=O)[C@H](C)N(C)C(=O)[C@H](OC(=O)[C@H](C(C)C)N(C)C)C(C)C)C(=O)N(C)[C@@H](C)C(=O)N1C. The molecular formula is C62H106N10O12. The number of esters is 1. The highest BCUT2D eigenvalue weighted by Gasteiger charge is 2.43. The van der Waals surface area contributed by atoms with Crippen LogP contribution in [0.1, 0.15) is 134 Å². The first kappa shape index (κ1) is 73.8. The molecule has 0 aliphatic carbocycles. The second-order valence-electron chi connectivity index (χ2n) is 25.0. The van der Waals surface area contributed by atoms with E-state index in [0.717, 1.165) is 5.56 Å². The summed E-state index contributed by atoms with van der Waals surface area (Å²) in [7, 11) is 15.5. The van der Waals surface area contributed by atoms with Gasteiger partial charge in [0.05, 0.1) is 7.11 Å². The van der Waals surface area contributed by atoms with Gasteiger partial charge < -0.3 is 54.4 Å². The molecular weight excluding hydrogens is 1080 g/mol. The minimum atomic E-state index is -1.21. The molecule has 476 valence electrons. The summed E-state index contributed by atoms with van der Waals surface area (Å²) in [6.07, 6.45) is 0.429. The van der Waals surface area contributed by atoms with Crippen molar-refractivity contribution >= 4 is 59.1 Å². The number of nitrogens with zero attached hydrogens (tertiary/aromatic N) is 8. The summed E-state index contributed by atoms with van der Waals surface area (Å²) in [6.45, 7) is 23.3. The van der Waals surface area contributed by atoms with Gasteiger partial charge in [0.1, 0.15) is 60.1 Å². The van der Waals surface area contributed by atoms with Crippen molar-refractivity contribution in [2.24, 2.45) is 29.6 Å². The van der Waals surface area contributed by atoms with Gasteiger partial charge in [0.15, 0.2) is 6.10 Å². The Morgan fingerprint density at radius 2 is 1.25 bits per heavy atom. The zero-order valence-electron chi connectivity index (χ0n) is 55.1. The van der Waals surface area contributed by atoms with Crippen LogP contribution in [0.2, 0.25) is 0 Å². The quantitative estimate of drug-likeness (QED) is 0.175. The van der Waals surface area contributed by atoms with Crippen LogP contribution in [0.4, 0.5) is 0 Å². The van der Waals surface area contributed by atoms with Gasteiger partial charge in [-0.3, -0.25) is 52.8 Å². The third-order valence-electron chi connectivity index (χ3n) is 16.6. The smallest absolute Gasteiger partial charge is 0.324 e. The van der Waals surface area contributed by atoms with Crippen LogP contribution in [-0.4, -0.2) is 236 Å². The van der Waals surface area contributed by atoms with Gasteiger partial charge in [0, 0.05) is 62.3 Å². The number of rotatable bonds is 20. The molecule has 1 aliphatic heterocycles. The van der Waals surface area contributed by atoms with Crippen molar-refractivity contribution in [1.82, 2.24) is 49.8 Å². The summed E-state index contributed by atoms with van der Waals surface area (Å²) in [5, 5.41) is 5.77. The predicted octanol–water partition coefficient (Wildman–Crippen LogP) is 4.16. The number of carbonyl (C=O) groups is 10. The molecule has 1 fully saturated rings. The molecule has 0 spiro atoms. The highest BCUT2D eigenvalue weighted by molar-refractivity contribution is 5.98. The number of hydrogen-bond acceptors (Lipinski definition) is 13. The van der Waals surface area contributed by atoms with E-state index in [2.05, 4.69) is 10.6 Å². The molecule has 1 aromatic rings. The minimum absolute atomic E-state index is 0.0593. The van der Waals surface area contributed by atoms with E-state index in [0.29, 0.717) is 18.6 Å². The second kappa shape index (κ2) is 33.4. The van der Waals surface area contributed by atoms with Crippen molar-refractivity contribution in [3.8, 4) is 5.75 Å². The molecule has 22 nitrogen and oxygen atoms in total. The Balaban J connectivity index is 2.77. The Labute approximate surface area is 502 Å². The molecule has 22 heteroatoms. The van der Waals surface area contributed by atoms with Gasteiger partial charge in [0.2, 0.25) is 47.3 Å². The number of likely N-dealkylation sites (N-methyl/N-ethyl adjacent to an activating group) is 8. The Morgan fingerprint density at radius 1 is 0.667 bits per heavy atom. The van der Waals surface area contributed by atoms with Crippen molar-refractivity contribution < 1.29 is 57.4 Å². The van der Waals surface area contributed by atoms with E-state index in [4.69, 9.17) is 9.47 Å². The van der Waals surface area contributed by atoms with E-state index < -0.39 is 131 Å². The van der Waals surface area contributed by atoms with Gasteiger partial charge in [-0.1, -0.05) is 87.8 Å². The maximum Gasteiger partial charge on any atom is 0.324 e. The third-order valence-corrected chi connectivity index (χ3v) is 16.6. The molecule has 2 N–H and O–H groups in total. The lowest BCUT2D eigenvalue weighted by atomic mass is 9.95. The van der Waals surface area contributed by atoms with E-state index in [-0.39, 0.29) is 56.4 Å². The van der Waals surface area contributed by atoms with Crippen LogP contribution in [-0.2, 0) is 59.1 Å². The van der Waals surface area contributed by atoms with Gasteiger partial charge in [-0.2, -0.15) is 0 Å². The number of nitrogens with one attached hydrogen (secondary N) is 2. The summed E-state index contributed by atoms with van der Waals surface area (Å²) < 4.78 is 11.2. The highest BCUT2D eigenvalue weighted by Crippen LogP contribution is 2.25. The van der Waals surface area contributed by atoms with Crippen LogP contribution in [0, 0.1) is 29.6 Å². The van der Waals surface area contributed by atoms with Crippen LogP contribution in [0.25, 0.3) is 0 Å². The summed E-state index contributed by atoms with van der Waals surface area (Å²) in [5.74, 6) is -6.28. The molecule has 0 bridgehead atoms. The standard InChI is InChI=1S/C62H106N10O12/c1-24-40(10)51-54(74)63-41(11)55(75)70(20)48(33-36(2)3)53(73)64-46(35-44-28-30-45(83-23)31-29-44)58(78)66(16)32-26-25-27-47(59(79)67(17)43(13)57(77)72(51)22)69(19)60(80)49(34-37(4)5)71(21)56(76)42(12)68(18)61(81)52(39(8)9)84-62(82)50(38(6)7)65(14)15/h28-31,36-43,46-52H,24-27,32-35H2,1-23H3,(H,63,74)(H,64,73)/t40-,41-,42-,43-,46+,47-,48-,49-,50-,51-,52+/m0/s1. The van der Waals surface area contributed by atoms with Crippen LogP contribution >= 0.6 is 0 Å². The molecule has 2 rings (SSSR count). The largest absolute Gasteiger partial charge is 0.497 e. The fourth-order valence-electron chi connectivity index (χ4n) is 10.8.